The van der Waals surface area contributed by atoms with E-state index in [9.17, 15) is 0 Å². The summed E-state index contributed by atoms with van der Waals surface area (Å²) in [6.45, 7) is 0. The van der Waals surface area contributed by atoms with Crippen molar-refractivity contribution in [2.24, 2.45) is 0 Å². The molecule has 116 valence electrons. The maximum Gasteiger partial charge on any atom is 0.164 e. The minimum atomic E-state index is 0.575. The minimum absolute atomic E-state index is 0.575. The molecule has 0 bridgehead atoms. The van der Waals surface area contributed by atoms with Crippen molar-refractivity contribution >= 4 is 13.3 Å². The lowest BCUT2D eigenvalue weighted by Crippen LogP contribution is -2.09. The molecule has 0 aliphatic carbocycles. The summed E-state index contributed by atoms with van der Waals surface area (Å²) >= 11 is 0. The van der Waals surface area contributed by atoms with Crippen LogP contribution in [0.1, 0.15) is 0 Å². The molecule has 4 rings (SSSR count). The van der Waals surface area contributed by atoms with Gasteiger partial charge in [0.25, 0.3) is 0 Å². The van der Waals surface area contributed by atoms with Gasteiger partial charge in [-0.25, -0.2) is 15.0 Å². The average molecular weight is 319 g/mol. The van der Waals surface area contributed by atoms with Gasteiger partial charge in [-0.05, 0) is 0 Å². The van der Waals surface area contributed by atoms with E-state index in [2.05, 4.69) is 15.0 Å². The van der Waals surface area contributed by atoms with E-state index in [0.29, 0.717) is 22.9 Å². The normalized spacial score (nSPS) is 10.6. The van der Waals surface area contributed by atoms with Gasteiger partial charge in [0.05, 0.1) is 0 Å². The van der Waals surface area contributed by atoms with E-state index >= 15 is 0 Å². The molecule has 0 aliphatic rings. The highest BCUT2D eigenvalue weighted by Gasteiger charge is 2.12. The Morgan fingerprint density at radius 2 is 0.920 bits per heavy atom. The summed E-state index contributed by atoms with van der Waals surface area (Å²) in [5.41, 5.74) is 3.33. The second-order valence-electron chi connectivity index (χ2n) is 5.63. The summed E-state index contributed by atoms with van der Waals surface area (Å²) in [6.07, 6.45) is 0. The second-order valence-corrected chi connectivity index (χ2v) is 5.63. The van der Waals surface area contributed by atoms with E-state index in [-0.39, 0.29) is 0 Å². The molecule has 25 heavy (non-hydrogen) atoms. The molecule has 0 N–H and O–H groups in total. The number of hydrogen-bond donors (Lipinski definition) is 0. The van der Waals surface area contributed by atoms with Gasteiger partial charge in [-0.3, -0.25) is 0 Å². The van der Waals surface area contributed by atoms with Crippen LogP contribution in [0.2, 0.25) is 0 Å². The molecule has 0 fully saturated rings. The number of benzene rings is 3. The predicted octanol–water partition coefficient (Wildman–Crippen LogP) is 3.67. The number of aromatic nitrogens is 3. The van der Waals surface area contributed by atoms with Crippen LogP contribution in [0.5, 0.6) is 0 Å². The maximum absolute atomic E-state index is 6.13. The molecule has 0 amide bonds. The molecule has 0 saturated carbocycles. The Bertz CT molecular complexity index is 944. The highest BCUT2D eigenvalue weighted by molar-refractivity contribution is 6.35. The van der Waals surface area contributed by atoms with Gasteiger partial charge < -0.3 is 0 Å². The smallest absolute Gasteiger partial charge is 0.164 e. The Kier molecular flexibility index (Phi) is 4.09. The van der Waals surface area contributed by atoms with E-state index < -0.39 is 0 Å². The SMILES string of the molecule is [B]c1ccccc1-c1nc(-c2ccccc2)nc(-c2ccccc2)n1. The largest absolute Gasteiger partial charge is 0.208 e. The molecule has 3 nitrogen and oxygen atoms in total. The first-order chi connectivity index (χ1) is 12.3. The molecule has 0 spiro atoms. The lowest BCUT2D eigenvalue weighted by molar-refractivity contribution is 1.08. The Balaban J connectivity index is 1.94. The summed E-state index contributed by atoms with van der Waals surface area (Å²) < 4.78 is 0. The van der Waals surface area contributed by atoms with Crippen LogP contribution in [-0.2, 0) is 0 Å². The second kappa shape index (κ2) is 6.69. The van der Waals surface area contributed by atoms with Crippen LogP contribution < -0.4 is 5.46 Å². The standard InChI is InChI=1S/C21H14BN3/c22-18-14-8-7-13-17(18)21-24-19(15-9-3-1-4-10-15)23-20(25-21)16-11-5-2-6-12-16/h1-14H. The van der Waals surface area contributed by atoms with Crippen LogP contribution in [-0.4, -0.2) is 22.8 Å². The van der Waals surface area contributed by atoms with Gasteiger partial charge in [0.2, 0.25) is 0 Å². The van der Waals surface area contributed by atoms with Crippen molar-refractivity contribution in [2.75, 3.05) is 0 Å². The molecule has 0 atom stereocenters. The van der Waals surface area contributed by atoms with Crippen LogP contribution in [0.4, 0.5) is 0 Å². The Morgan fingerprint density at radius 3 is 1.44 bits per heavy atom. The van der Waals surface area contributed by atoms with Crippen LogP contribution in [0.15, 0.2) is 84.9 Å². The van der Waals surface area contributed by atoms with Crippen LogP contribution in [0.25, 0.3) is 34.2 Å². The topological polar surface area (TPSA) is 38.7 Å². The van der Waals surface area contributed by atoms with Crippen molar-refractivity contribution in [3.05, 3.63) is 84.9 Å². The third-order valence-electron chi connectivity index (χ3n) is 3.90. The van der Waals surface area contributed by atoms with Crippen molar-refractivity contribution in [2.45, 2.75) is 0 Å². The summed E-state index contributed by atoms with van der Waals surface area (Å²) in [4.78, 5) is 14.0. The fraction of sp³-hybridized carbons (Fsp3) is 0. The summed E-state index contributed by atoms with van der Waals surface area (Å²) in [6, 6.07) is 27.4. The quantitative estimate of drug-likeness (QED) is 0.541. The molecule has 4 aromatic rings. The fourth-order valence-electron chi connectivity index (χ4n) is 2.63. The average Bonchev–Trinajstić information content (AvgIpc) is 2.69. The zero-order valence-electron chi connectivity index (χ0n) is 13.5. The molecule has 1 aromatic heterocycles. The predicted molar refractivity (Wildman–Crippen MR) is 102 cm³/mol. The van der Waals surface area contributed by atoms with Crippen LogP contribution >= 0.6 is 0 Å². The Morgan fingerprint density at radius 1 is 0.480 bits per heavy atom. The Labute approximate surface area is 147 Å². The summed E-state index contributed by atoms with van der Waals surface area (Å²) in [5, 5.41) is 0. The van der Waals surface area contributed by atoms with Gasteiger partial charge in [0, 0.05) is 16.7 Å². The van der Waals surface area contributed by atoms with E-state index in [1.54, 1.807) is 0 Å². The first-order valence-corrected chi connectivity index (χ1v) is 8.03. The third-order valence-corrected chi connectivity index (χ3v) is 3.90. The summed E-state index contributed by atoms with van der Waals surface area (Å²) in [5.74, 6) is 1.84. The van der Waals surface area contributed by atoms with Gasteiger partial charge in [0.1, 0.15) is 7.85 Å². The number of nitrogens with zero attached hydrogens (tertiary/aromatic N) is 3. The first kappa shape index (κ1) is 15.3. The van der Waals surface area contributed by atoms with Gasteiger partial charge in [0.15, 0.2) is 17.5 Å². The van der Waals surface area contributed by atoms with Crippen molar-refractivity contribution in [1.29, 1.82) is 0 Å². The number of hydrogen-bond acceptors (Lipinski definition) is 3. The van der Waals surface area contributed by atoms with Crippen molar-refractivity contribution in [3.8, 4) is 34.2 Å². The fourth-order valence-corrected chi connectivity index (χ4v) is 2.63. The van der Waals surface area contributed by atoms with Crippen molar-refractivity contribution in [1.82, 2.24) is 15.0 Å². The lowest BCUT2D eigenvalue weighted by atomic mass is 9.90. The van der Waals surface area contributed by atoms with Crippen LogP contribution in [0, 0.1) is 0 Å². The summed E-state index contributed by atoms with van der Waals surface area (Å²) in [7, 11) is 6.13. The maximum atomic E-state index is 6.13. The molecule has 4 heteroatoms. The van der Waals surface area contributed by atoms with E-state index in [0.717, 1.165) is 16.7 Å². The van der Waals surface area contributed by atoms with E-state index in [4.69, 9.17) is 7.85 Å². The zero-order chi connectivity index (χ0) is 17.1. The molecule has 1 heterocycles. The molecular weight excluding hydrogens is 305 g/mol. The zero-order valence-corrected chi connectivity index (χ0v) is 13.5. The first-order valence-electron chi connectivity index (χ1n) is 8.03. The Hall–Kier alpha value is -3.27. The molecule has 2 radical (unpaired) electrons. The highest BCUT2D eigenvalue weighted by Crippen LogP contribution is 2.23. The lowest BCUT2D eigenvalue weighted by Gasteiger charge is -2.09. The minimum Gasteiger partial charge on any atom is -0.208 e. The van der Waals surface area contributed by atoms with Crippen molar-refractivity contribution in [3.63, 3.8) is 0 Å². The van der Waals surface area contributed by atoms with E-state index in [1.807, 2.05) is 84.9 Å². The third kappa shape index (κ3) is 3.19. The number of rotatable bonds is 3. The van der Waals surface area contributed by atoms with Gasteiger partial charge >= 0.3 is 0 Å². The monoisotopic (exact) mass is 319 g/mol. The highest BCUT2D eigenvalue weighted by atomic mass is 15.0. The van der Waals surface area contributed by atoms with Crippen LogP contribution in [0.3, 0.4) is 0 Å². The molecule has 3 aromatic carbocycles. The molecule has 0 aliphatic heterocycles. The molecule has 0 saturated heterocycles. The van der Waals surface area contributed by atoms with Crippen molar-refractivity contribution < 1.29 is 0 Å². The molecule has 0 unspecified atom stereocenters. The van der Waals surface area contributed by atoms with E-state index in [1.165, 1.54) is 0 Å². The molecular formula is C21H14BN3. The van der Waals surface area contributed by atoms with Gasteiger partial charge in [-0.15, -0.1) is 0 Å². The van der Waals surface area contributed by atoms with Gasteiger partial charge in [-0.1, -0.05) is 90.4 Å². The van der Waals surface area contributed by atoms with Gasteiger partial charge in [-0.2, -0.15) is 0 Å².